The number of carbonyl (C=O) groups excluding carboxylic acids is 2. The van der Waals surface area contributed by atoms with Gasteiger partial charge in [0.05, 0.1) is 13.7 Å². The Morgan fingerprint density at radius 3 is 2.73 bits per heavy atom. The fourth-order valence-corrected chi connectivity index (χ4v) is 5.09. The summed E-state index contributed by atoms with van der Waals surface area (Å²) in [7, 11) is 1.67. The molecule has 0 bridgehead atoms. The number of fused-ring (bicyclic) bond motifs is 1. The van der Waals surface area contributed by atoms with Gasteiger partial charge < -0.3 is 19.1 Å². The second kappa shape index (κ2) is 8.52. The van der Waals surface area contributed by atoms with Crippen LogP contribution < -0.4 is 4.74 Å². The lowest BCUT2D eigenvalue weighted by atomic mass is 10.1. The maximum atomic E-state index is 13.5. The number of ether oxygens (including phenoxy) is 1. The smallest absolute Gasteiger partial charge is 0.270 e. The maximum absolute atomic E-state index is 13.5. The summed E-state index contributed by atoms with van der Waals surface area (Å²) in [5.74, 6) is 0.980. The van der Waals surface area contributed by atoms with E-state index in [1.54, 1.807) is 18.4 Å². The van der Waals surface area contributed by atoms with Crippen LogP contribution in [0.25, 0.3) is 10.2 Å². The third-order valence-electron chi connectivity index (χ3n) is 5.78. The summed E-state index contributed by atoms with van der Waals surface area (Å²) >= 11 is 1.64. The largest absolute Gasteiger partial charge is 0.496 e. The molecule has 1 aromatic carbocycles. The van der Waals surface area contributed by atoms with Gasteiger partial charge >= 0.3 is 0 Å². The van der Waals surface area contributed by atoms with E-state index in [4.69, 9.17) is 4.74 Å². The highest BCUT2D eigenvalue weighted by Gasteiger charge is 2.31. The van der Waals surface area contributed by atoms with Crippen molar-refractivity contribution in [1.82, 2.24) is 14.4 Å². The molecule has 0 N–H and O–H groups in total. The molecule has 158 valence electrons. The number of carbonyl (C=O) groups is 2. The van der Waals surface area contributed by atoms with Gasteiger partial charge in [0.25, 0.3) is 5.91 Å². The average Bonchev–Trinajstić information content (AvgIpc) is 3.35. The van der Waals surface area contributed by atoms with Gasteiger partial charge in [-0.3, -0.25) is 9.59 Å². The van der Waals surface area contributed by atoms with Crippen molar-refractivity contribution < 1.29 is 14.3 Å². The molecule has 0 aliphatic carbocycles. The Morgan fingerprint density at radius 1 is 1.20 bits per heavy atom. The van der Waals surface area contributed by atoms with Crippen LogP contribution in [0.15, 0.2) is 41.8 Å². The van der Waals surface area contributed by atoms with Gasteiger partial charge in [0, 0.05) is 43.0 Å². The first-order valence-electron chi connectivity index (χ1n) is 10.3. The Hall–Kier alpha value is -2.80. The van der Waals surface area contributed by atoms with Crippen molar-refractivity contribution in [3.05, 3.63) is 53.0 Å². The number of benzene rings is 1. The molecule has 1 saturated heterocycles. The fourth-order valence-electron chi connectivity index (χ4n) is 4.19. The Balaban J connectivity index is 1.63. The SMILES string of the molecule is CCC(=O)N1CCN(C(=O)c2cc3ccsc3n2Cc2ccccc2OC)C[C@@H]1C. The lowest BCUT2D eigenvalue weighted by Gasteiger charge is -2.40. The Morgan fingerprint density at radius 2 is 2.00 bits per heavy atom. The van der Waals surface area contributed by atoms with Crippen LogP contribution in [0.2, 0.25) is 0 Å². The van der Waals surface area contributed by atoms with E-state index in [-0.39, 0.29) is 17.9 Å². The van der Waals surface area contributed by atoms with Gasteiger partial charge in [-0.25, -0.2) is 0 Å². The van der Waals surface area contributed by atoms with E-state index in [9.17, 15) is 9.59 Å². The number of hydrogen-bond donors (Lipinski definition) is 0. The van der Waals surface area contributed by atoms with Crippen LogP contribution in [0.1, 0.15) is 36.3 Å². The predicted molar refractivity (Wildman–Crippen MR) is 119 cm³/mol. The van der Waals surface area contributed by atoms with Crippen LogP contribution in [0, 0.1) is 0 Å². The quantitative estimate of drug-likeness (QED) is 0.624. The van der Waals surface area contributed by atoms with Gasteiger partial charge in [-0.2, -0.15) is 0 Å². The summed E-state index contributed by atoms with van der Waals surface area (Å²) in [5.41, 5.74) is 1.72. The van der Waals surface area contributed by atoms with Crippen molar-refractivity contribution >= 4 is 33.4 Å². The summed E-state index contributed by atoms with van der Waals surface area (Å²) in [5, 5.41) is 3.13. The van der Waals surface area contributed by atoms with Gasteiger partial charge in [0.2, 0.25) is 5.91 Å². The van der Waals surface area contributed by atoms with Gasteiger partial charge in [-0.05, 0) is 30.5 Å². The van der Waals surface area contributed by atoms with Crippen LogP contribution in [0.5, 0.6) is 5.75 Å². The summed E-state index contributed by atoms with van der Waals surface area (Å²) in [6, 6.07) is 12.0. The molecule has 3 aromatic rings. The van der Waals surface area contributed by atoms with Crippen LogP contribution in [-0.2, 0) is 11.3 Å². The van der Waals surface area contributed by atoms with Crippen molar-refractivity contribution in [1.29, 1.82) is 0 Å². The monoisotopic (exact) mass is 425 g/mol. The second-order valence-electron chi connectivity index (χ2n) is 7.65. The summed E-state index contributed by atoms with van der Waals surface area (Å²) in [6.45, 7) is 6.16. The van der Waals surface area contributed by atoms with Crippen LogP contribution >= 0.6 is 11.3 Å². The predicted octanol–water partition coefficient (Wildman–Crippen LogP) is 3.84. The van der Waals surface area contributed by atoms with Crippen molar-refractivity contribution in [2.45, 2.75) is 32.9 Å². The number of aromatic nitrogens is 1. The number of piperazine rings is 1. The molecule has 1 atom stereocenters. The fraction of sp³-hybridized carbons (Fsp3) is 0.391. The molecule has 1 fully saturated rings. The van der Waals surface area contributed by atoms with E-state index in [0.717, 1.165) is 21.5 Å². The topological polar surface area (TPSA) is 54.8 Å². The average molecular weight is 426 g/mol. The highest BCUT2D eigenvalue weighted by atomic mass is 32.1. The molecule has 0 spiro atoms. The zero-order valence-corrected chi connectivity index (χ0v) is 18.4. The molecule has 3 heterocycles. The van der Waals surface area contributed by atoms with Crippen molar-refractivity contribution in [2.24, 2.45) is 0 Å². The summed E-state index contributed by atoms with van der Waals surface area (Å²) in [6.07, 6.45) is 0.496. The van der Waals surface area contributed by atoms with Gasteiger partial charge in [0.15, 0.2) is 0 Å². The molecule has 1 aliphatic heterocycles. The van der Waals surface area contributed by atoms with Crippen molar-refractivity contribution in [2.75, 3.05) is 26.7 Å². The van der Waals surface area contributed by atoms with Crippen molar-refractivity contribution in [3.8, 4) is 5.75 Å². The first-order chi connectivity index (χ1) is 14.5. The molecule has 4 rings (SSSR count). The minimum atomic E-state index is 0.0174. The number of hydrogen-bond acceptors (Lipinski definition) is 4. The molecular weight excluding hydrogens is 398 g/mol. The third kappa shape index (κ3) is 3.69. The maximum Gasteiger partial charge on any atom is 0.270 e. The summed E-state index contributed by atoms with van der Waals surface area (Å²) in [4.78, 5) is 30.5. The second-order valence-corrected chi connectivity index (χ2v) is 8.54. The lowest BCUT2D eigenvalue weighted by Crippen LogP contribution is -2.55. The molecule has 2 amide bonds. The van der Waals surface area contributed by atoms with E-state index >= 15 is 0 Å². The van der Waals surface area contributed by atoms with Gasteiger partial charge in [-0.1, -0.05) is 25.1 Å². The number of para-hydroxylation sites is 1. The van der Waals surface area contributed by atoms with E-state index in [2.05, 4.69) is 16.0 Å². The molecule has 0 saturated carbocycles. The van der Waals surface area contributed by atoms with E-state index < -0.39 is 0 Å². The third-order valence-corrected chi connectivity index (χ3v) is 6.73. The first kappa shape index (κ1) is 20.5. The Labute approximate surface area is 180 Å². The minimum absolute atomic E-state index is 0.0174. The van der Waals surface area contributed by atoms with Crippen molar-refractivity contribution in [3.63, 3.8) is 0 Å². The number of thiophene rings is 1. The highest BCUT2D eigenvalue weighted by Crippen LogP contribution is 2.29. The highest BCUT2D eigenvalue weighted by molar-refractivity contribution is 7.16. The number of rotatable bonds is 5. The first-order valence-corrected chi connectivity index (χ1v) is 11.2. The zero-order chi connectivity index (χ0) is 21.3. The van der Waals surface area contributed by atoms with Crippen LogP contribution in [-0.4, -0.2) is 59.0 Å². The van der Waals surface area contributed by atoms with Crippen LogP contribution in [0.4, 0.5) is 0 Å². The number of nitrogens with zero attached hydrogens (tertiary/aromatic N) is 3. The standard InChI is InChI=1S/C23H27N3O3S/c1-4-21(27)25-11-10-24(14-16(25)2)22(28)19-13-17-9-12-30-23(17)26(19)15-18-7-5-6-8-20(18)29-3/h5-9,12-13,16H,4,10-11,14-15H2,1-3H3/t16-/m0/s1. The van der Waals surface area contributed by atoms with Gasteiger partial charge in [-0.15, -0.1) is 11.3 Å². The van der Waals surface area contributed by atoms with E-state index in [1.807, 2.05) is 54.0 Å². The Bertz CT molecular complexity index is 1070. The van der Waals surface area contributed by atoms with Crippen LogP contribution in [0.3, 0.4) is 0 Å². The lowest BCUT2D eigenvalue weighted by molar-refractivity contribution is -0.134. The molecule has 6 nitrogen and oxygen atoms in total. The Kier molecular flexibility index (Phi) is 5.81. The molecule has 30 heavy (non-hydrogen) atoms. The number of methoxy groups -OCH3 is 1. The minimum Gasteiger partial charge on any atom is -0.496 e. The molecule has 0 radical (unpaired) electrons. The molecule has 7 heteroatoms. The van der Waals surface area contributed by atoms with Gasteiger partial charge in [0.1, 0.15) is 16.3 Å². The molecule has 2 aromatic heterocycles. The van der Waals surface area contributed by atoms with E-state index in [0.29, 0.717) is 38.3 Å². The molecule has 0 unspecified atom stereocenters. The summed E-state index contributed by atoms with van der Waals surface area (Å²) < 4.78 is 7.61. The number of amides is 2. The van der Waals surface area contributed by atoms with E-state index in [1.165, 1.54) is 0 Å². The zero-order valence-electron chi connectivity index (χ0n) is 17.6. The molecular formula is C23H27N3O3S. The molecule has 1 aliphatic rings. The normalized spacial score (nSPS) is 16.8.